The molecule has 2 nitrogen and oxygen atoms in total. The van der Waals surface area contributed by atoms with Crippen LogP contribution in [0, 0.1) is 18.3 Å². The third kappa shape index (κ3) is 2.63. The molecule has 16 heavy (non-hydrogen) atoms. The van der Waals surface area contributed by atoms with Gasteiger partial charge in [-0.1, -0.05) is 18.2 Å². The number of nitrogens with zero attached hydrogens (tertiary/aromatic N) is 1. The Bertz CT molecular complexity index is 444. The Labute approximate surface area is 102 Å². The number of aryl methyl sites for hydroxylation is 1. The fourth-order valence-corrected chi connectivity index (χ4v) is 1.87. The van der Waals surface area contributed by atoms with Gasteiger partial charge in [0.2, 0.25) is 0 Å². The number of hydrogen-bond acceptors (Lipinski definition) is 2. The van der Waals surface area contributed by atoms with Crippen molar-refractivity contribution in [1.29, 1.82) is 5.26 Å². The Kier molecular flexibility index (Phi) is 4.54. The smallest absolute Gasteiger partial charge is 0.0994 e. The maximum Gasteiger partial charge on any atom is 0.0994 e. The van der Waals surface area contributed by atoms with Crippen LogP contribution in [0.25, 0.3) is 5.57 Å². The molecule has 0 bridgehead atoms. The maximum atomic E-state index is 8.85. The first-order valence-corrected chi connectivity index (χ1v) is 5.22. The third-order valence-corrected chi connectivity index (χ3v) is 2.78. The van der Waals surface area contributed by atoms with Crippen LogP contribution in [-0.2, 0) is 0 Å². The molecule has 84 valence electrons. The van der Waals surface area contributed by atoms with E-state index in [-0.39, 0.29) is 12.4 Å². The zero-order valence-electron chi connectivity index (χ0n) is 9.29. The minimum absolute atomic E-state index is 0. The minimum Gasteiger partial charge on any atom is -0.313 e. The molecule has 0 amide bonds. The van der Waals surface area contributed by atoms with Crippen molar-refractivity contribution in [2.24, 2.45) is 0 Å². The quantitative estimate of drug-likeness (QED) is 0.811. The molecule has 0 aliphatic carbocycles. The van der Waals surface area contributed by atoms with E-state index in [2.05, 4.69) is 23.5 Å². The molecule has 0 fully saturated rings. The normalized spacial score (nSPS) is 14.6. The average Bonchev–Trinajstić information content (AvgIpc) is 2.30. The van der Waals surface area contributed by atoms with Crippen molar-refractivity contribution >= 4 is 18.0 Å². The fourth-order valence-electron chi connectivity index (χ4n) is 1.87. The molecule has 3 heteroatoms. The van der Waals surface area contributed by atoms with E-state index in [4.69, 9.17) is 5.26 Å². The second-order valence-electron chi connectivity index (χ2n) is 3.82. The van der Waals surface area contributed by atoms with Gasteiger partial charge in [0.25, 0.3) is 0 Å². The molecule has 2 rings (SSSR count). The standard InChI is InChI=1S/C13H14N2.ClH/c1-10-8-12(2-3-13(10)9-14)11-4-6-15-7-5-11;/h2-4,8,15H,5-7H2,1H3;1H. The predicted octanol–water partition coefficient (Wildman–Crippen LogP) is 2.67. The summed E-state index contributed by atoms with van der Waals surface area (Å²) in [6.45, 7) is 3.99. The second kappa shape index (κ2) is 5.69. The Morgan fingerprint density at radius 2 is 2.19 bits per heavy atom. The van der Waals surface area contributed by atoms with Gasteiger partial charge >= 0.3 is 0 Å². The minimum atomic E-state index is 0. The van der Waals surface area contributed by atoms with E-state index in [0.717, 1.165) is 30.6 Å². The Balaban J connectivity index is 0.00000128. The molecule has 1 aliphatic heterocycles. The summed E-state index contributed by atoms with van der Waals surface area (Å²) in [5.74, 6) is 0. The van der Waals surface area contributed by atoms with Crippen molar-refractivity contribution < 1.29 is 0 Å². The first-order valence-electron chi connectivity index (χ1n) is 5.22. The monoisotopic (exact) mass is 234 g/mol. The highest BCUT2D eigenvalue weighted by Crippen LogP contribution is 2.21. The SMILES string of the molecule is Cc1cc(C2=CCNCC2)ccc1C#N.Cl. The number of nitrogens with one attached hydrogen (secondary N) is 1. The van der Waals surface area contributed by atoms with Crippen LogP contribution in [0.4, 0.5) is 0 Å². The van der Waals surface area contributed by atoms with Crippen LogP contribution >= 0.6 is 12.4 Å². The van der Waals surface area contributed by atoms with Gasteiger partial charge in [0, 0.05) is 6.54 Å². The summed E-state index contributed by atoms with van der Waals surface area (Å²) in [4.78, 5) is 0. The number of rotatable bonds is 1. The molecule has 0 spiro atoms. The summed E-state index contributed by atoms with van der Waals surface area (Å²) in [5.41, 5.74) is 4.48. The van der Waals surface area contributed by atoms with Crippen molar-refractivity contribution in [3.63, 3.8) is 0 Å². The number of halogens is 1. The molecule has 1 heterocycles. The molecular weight excluding hydrogens is 220 g/mol. The predicted molar refractivity (Wildman–Crippen MR) is 68.6 cm³/mol. The molecule has 0 radical (unpaired) electrons. The Morgan fingerprint density at radius 3 is 2.75 bits per heavy atom. The molecule has 0 unspecified atom stereocenters. The fraction of sp³-hybridized carbons (Fsp3) is 0.308. The molecule has 0 saturated heterocycles. The van der Waals surface area contributed by atoms with Crippen LogP contribution in [0.5, 0.6) is 0 Å². The van der Waals surface area contributed by atoms with E-state index in [9.17, 15) is 0 Å². The second-order valence-corrected chi connectivity index (χ2v) is 3.82. The summed E-state index contributed by atoms with van der Waals surface area (Å²) in [5, 5.41) is 12.1. The maximum absolute atomic E-state index is 8.85. The van der Waals surface area contributed by atoms with Crippen molar-refractivity contribution in [3.8, 4) is 6.07 Å². The highest BCUT2D eigenvalue weighted by atomic mass is 35.5. The van der Waals surface area contributed by atoms with Gasteiger partial charge in [-0.15, -0.1) is 12.4 Å². The molecule has 1 aromatic carbocycles. The highest BCUT2D eigenvalue weighted by molar-refractivity contribution is 5.85. The van der Waals surface area contributed by atoms with E-state index < -0.39 is 0 Å². The lowest BCUT2D eigenvalue weighted by Gasteiger charge is -2.14. The zero-order valence-corrected chi connectivity index (χ0v) is 10.1. The van der Waals surface area contributed by atoms with Gasteiger partial charge in [0.05, 0.1) is 11.6 Å². The summed E-state index contributed by atoms with van der Waals surface area (Å²) < 4.78 is 0. The summed E-state index contributed by atoms with van der Waals surface area (Å²) in [6.07, 6.45) is 3.30. The topological polar surface area (TPSA) is 35.8 Å². The Hall–Kier alpha value is -1.30. The molecule has 1 N–H and O–H groups in total. The zero-order chi connectivity index (χ0) is 10.7. The third-order valence-electron chi connectivity index (χ3n) is 2.78. The van der Waals surface area contributed by atoms with E-state index in [1.165, 1.54) is 11.1 Å². The van der Waals surface area contributed by atoms with Gasteiger partial charge in [-0.25, -0.2) is 0 Å². The van der Waals surface area contributed by atoms with Crippen LogP contribution in [0.3, 0.4) is 0 Å². The first-order chi connectivity index (χ1) is 7.31. The van der Waals surface area contributed by atoms with Crippen LogP contribution in [0.2, 0.25) is 0 Å². The summed E-state index contributed by atoms with van der Waals surface area (Å²) in [6, 6.07) is 8.26. The summed E-state index contributed by atoms with van der Waals surface area (Å²) in [7, 11) is 0. The van der Waals surface area contributed by atoms with E-state index in [0.29, 0.717) is 0 Å². The van der Waals surface area contributed by atoms with Gasteiger partial charge in [0.15, 0.2) is 0 Å². The van der Waals surface area contributed by atoms with Crippen LogP contribution < -0.4 is 5.32 Å². The lowest BCUT2D eigenvalue weighted by molar-refractivity contribution is 0.738. The lowest BCUT2D eigenvalue weighted by atomic mass is 9.97. The van der Waals surface area contributed by atoms with Crippen molar-refractivity contribution in [1.82, 2.24) is 5.32 Å². The van der Waals surface area contributed by atoms with Crippen LogP contribution in [0.1, 0.15) is 23.1 Å². The Morgan fingerprint density at radius 1 is 1.38 bits per heavy atom. The van der Waals surface area contributed by atoms with E-state index >= 15 is 0 Å². The molecule has 0 atom stereocenters. The highest BCUT2D eigenvalue weighted by Gasteiger charge is 2.06. The number of hydrogen-bond donors (Lipinski definition) is 1. The van der Waals surface area contributed by atoms with Crippen molar-refractivity contribution in [2.45, 2.75) is 13.3 Å². The van der Waals surface area contributed by atoms with Gasteiger partial charge in [0.1, 0.15) is 0 Å². The van der Waals surface area contributed by atoms with Crippen LogP contribution in [0.15, 0.2) is 24.3 Å². The molecule has 1 aliphatic rings. The lowest BCUT2D eigenvalue weighted by Crippen LogP contribution is -2.20. The van der Waals surface area contributed by atoms with E-state index in [1.54, 1.807) is 0 Å². The van der Waals surface area contributed by atoms with Gasteiger partial charge < -0.3 is 5.32 Å². The largest absolute Gasteiger partial charge is 0.313 e. The van der Waals surface area contributed by atoms with Crippen LogP contribution in [-0.4, -0.2) is 13.1 Å². The van der Waals surface area contributed by atoms with Gasteiger partial charge in [-0.3, -0.25) is 0 Å². The van der Waals surface area contributed by atoms with Crippen molar-refractivity contribution in [3.05, 3.63) is 41.0 Å². The van der Waals surface area contributed by atoms with E-state index in [1.807, 2.05) is 19.1 Å². The van der Waals surface area contributed by atoms with Crippen molar-refractivity contribution in [2.75, 3.05) is 13.1 Å². The van der Waals surface area contributed by atoms with Gasteiger partial charge in [-0.2, -0.15) is 5.26 Å². The first kappa shape index (κ1) is 12.8. The molecular formula is C13H15ClN2. The molecule has 0 aromatic heterocycles. The number of nitriles is 1. The average molecular weight is 235 g/mol. The number of benzene rings is 1. The molecule has 0 saturated carbocycles. The molecule has 1 aromatic rings. The van der Waals surface area contributed by atoms with Gasteiger partial charge in [-0.05, 0) is 42.7 Å². The summed E-state index contributed by atoms with van der Waals surface area (Å²) >= 11 is 0.